The van der Waals surface area contributed by atoms with E-state index in [0.29, 0.717) is 31.1 Å². The zero-order chi connectivity index (χ0) is 19.2. The summed E-state index contributed by atoms with van der Waals surface area (Å²) in [5.74, 6) is 0.707. The number of nitrogens with one attached hydrogen (secondary N) is 1. The Morgan fingerprint density at radius 3 is 2.62 bits per heavy atom. The summed E-state index contributed by atoms with van der Waals surface area (Å²) in [6, 6.07) is 7.18. The lowest BCUT2D eigenvalue weighted by Crippen LogP contribution is -2.52. The molecule has 0 radical (unpaired) electrons. The lowest BCUT2D eigenvalue weighted by molar-refractivity contribution is -0.140. The Hall–Kier alpha value is -1.65. The van der Waals surface area contributed by atoms with E-state index in [1.807, 2.05) is 27.7 Å². The van der Waals surface area contributed by atoms with Crippen LogP contribution in [0.2, 0.25) is 0 Å². The van der Waals surface area contributed by atoms with Crippen molar-refractivity contribution < 1.29 is 19.3 Å². The lowest BCUT2D eigenvalue weighted by atomic mass is 9.86. The molecule has 0 fully saturated rings. The highest BCUT2D eigenvalue weighted by molar-refractivity contribution is 5.46. The highest BCUT2D eigenvalue weighted by Gasteiger charge is 2.42. The van der Waals surface area contributed by atoms with E-state index in [9.17, 15) is 5.11 Å². The van der Waals surface area contributed by atoms with Crippen LogP contribution in [-0.2, 0) is 9.47 Å². The highest BCUT2D eigenvalue weighted by Crippen LogP contribution is 2.40. The number of aliphatic hydroxyl groups is 1. The number of fused-ring (bicyclic) bond motifs is 1. The summed E-state index contributed by atoms with van der Waals surface area (Å²) in [4.78, 5) is 0. The van der Waals surface area contributed by atoms with Gasteiger partial charge in [-0.15, -0.1) is 0 Å². The molecule has 144 valence electrons. The molecule has 2 rings (SSSR count). The first kappa shape index (κ1) is 20.7. The number of hydrogen-bond acceptors (Lipinski definition) is 6. The van der Waals surface area contributed by atoms with Gasteiger partial charge < -0.3 is 24.6 Å². The van der Waals surface area contributed by atoms with Crippen LogP contribution in [0.4, 0.5) is 0 Å². The normalized spacial score (nSPS) is 21.1. The van der Waals surface area contributed by atoms with Crippen molar-refractivity contribution in [3.63, 3.8) is 0 Å². The smallest absolute Gasteiger partial charge is 0.157 e. The van der Waals surface area contributed by atoms with Gasteiger partial charge in [-0.3, -0.25) is 0 Å². The van der Waals surface area contributed by atoms with Crippen molar-refractivity contribution in [1.82, 2.24) is 5.32 Å². The van der Waals surface area contributed by atoms with Crippen LogP contribution >= 0.6 is 0 Å². The van der Waals surface area contributed by atoms with Crippen LogP contribution in [0.1, 0.15) is 57.7 Å². The fourth-order valence-electron chi connectivity index (χ4n) is 3.20. The summed E-state index contributed by atoms with van der Waals surface area (Å²) >= 11 is 0. The van der Waals surface area contributed by atoms with E-state index in [2.05, 4.69) is 11.4 Å². The molecule has 1 aliphatic rings. The Morgan fingerprint density at radius 1 is 1.31 bits per heavy atom. The summed E-state index contributed by atoms with van der Waals surface area (Å²) < 4.78 is 17.0. The van der Waals surface area contributed by atoms with Crippen LogP contribution in [0.3, 0.4) is 0 Å². The van der Waals surface area contributed by atoms with Crippen molar-refractivity contribution in [3.8, 4) is 11.8 Å². The number of hydrogen-bond donors (Lipinski definition) is 2. The van der Waals surface area contributed by atoms with Crippen molar-refractivity contribution in [3.05, 3.63) is 29.3 Å². The Labute approximate surface area is 156 Å². The fraction of sp³-hybridized carbons (Fsp3) is 0.650. The molecule has 0 aromatic heterocycles. The average Bonchev–Trinajstić information content (AvgIpc) is 2.61. The van der Waals surface area contributed by atoms with Gasteiger partial charge in [-0.25, -0.2) is 0 Å². The van der Waals surface area contributed by atoms with Crippen LogP contribution in [0.5, 0.6) is 5.75 Å². The zero-order valence-corrected chi connectivity index (χ0v) is 16.1. The number of rotatable bonds is 9. The monoisotopic (exact) mass is 362 g/mol. The highest BCUT2D eigenvalue weighted by atomic mass is 16.7. The van der Waals surface area contributed by atoms with Gasteiger partial charge >= 0.3 is 0 Å². The van der Waals surface area contributed by atoms with Gasteiger partial charge in [-0.1, -0.05) is 0 Å². The summed E-state index contributed by atoms with van der Waals surface area (Å²) in [5, 5.41) is 23.4. The van der Waals surface area contributed by atoms with Gasteiger partial charge in [0.2, 0.25) is 0 Å². The third kappa shape index (κ3) is 4.95. The van der Waals surface area contributed by atoms with Gasteiger partial charge in [0.25, 0.3) is 0 Å². The molecule has 6 nitrogen and oxygen atoms in total. The average molecular weight is 362 g/mol. The quantitative estimate of drug-likeness (QED) is 0.519. The largest absolute Gasteiger partial charge is 0.485 e. The van der Waals surface area contributed by atoms with E-state index in [4.69, 9.17) is 19.5 Å². The second kappa shape index (κ2) is 9.33. The maximum atomic E-state index is 10.8. The first-order chi connectivity index (χ1) is 12.4. The second-order valence-electron chi connectivity index (χ2n) is 6.93. The Bertz CT molecular complexity index is 621. The number of benzene rings is 1. The van der Waals surface area contributed by atoms with Gasteiger partial charge in [0.05, 0.1) is 17.7 Å². The Morgan fingerprint density at radius 2 is 2.00 bits per heavy atom. The van der Waals surface area contributed by atoms with Crippen LogP contribution in [0, 0.1) is 11.3 Å². The number of aliphatic hydroxyl groups excluding tert-OH is 1. The number of nitriles is 1. The minimum Gasteiger partial charge on any atom is -0.485 e. The van der Waals surface area contributed by atoms with E-state index in [1.54, 1.807) is 18.2 Å². The Kier molecular flexibility index (Phi) is 7.42. The summed E-state index contributed by atoms with van der Waals surface area (Å²) in [5.41, 5.74) is 0.665. The van der Waals surface area contributed by atoms with Crippen LogP contribution in [0.15, 0.2) is 18.2 Å². The van der Waals surface area contributed by atoms with Gasteiger partial charge in [-0.2, -0.15) is 5.26 Å². The van der Waals surface area contributed by atoms with E-state index >= 15 is 0 Å². The Balaban J connectivity index is 2.04. The maximum absolute atomic E-state index is 10.8. The topological polar surface area (TPSA) is 83.7 Å². The molecule has 1 aromatic carbocycles. The molecule has 0 amide bonds. The molecular formula is C20H30N2O4. The predicted octanol–water partition coefficient (Wildman–Crippen LogP) is 2.90. The third-order valence-electron chi connectivity index (χ3n) is 4.56. The molecule has 1 aromatic rings. The van der Waals surface area contributed by atoms with E-state index in [1.165, 1.54) is 0 Å². The van der Waals surface area contributed by atoms with Crippen molar-refractivity contribution >= 4 is 0 Å². The van der Waals surface area contributed by atoms with Gasteiger partial charge in [0, 0.05) is 18.8 Å². The first-order valence-electron chi connectivity index (χ1n) is 9.30. The van der Waals surface area contributed by atoms with Gasteiger partial charge in [0.15, 0.2) is 6.29 Å². The molecule has 0 saturated carbocycles. The molecule has 1 aliphatic heterocycles. The van der Waals surface area contributed by atoms with E-state index in [-0.39, 0.29) is 12.3 Å². The zero-order valence-electron chi connectivity index (χ0n) is 16.1. The van der Waals surface area contributed by atoms with Crippen LogP contribution in [0.25, 0.3) is 0 Å². The van der Waals surface area contributed by atoms with Gasteiger partial charge in [0.1, 0.15) is 17.5 Å². The predicted molar refractivity (Wildman–Crippen MR) is 98.9 cm³/mol. The standard InChI is InChI=1S/C20H30N2O4/c1-5-24-17(25-6-2)8-7-11-22-18-15-12-14(13-21)9-10-16(15)26-20(3,4)19(18)23/h9-10,12,17-19,22-23H,5-8,11H2,1-4H3/t18-,19+/m1/s1. The molecule has 2 atom stereocenters. The van der Waals surface area contributed by atoms with E-state index in [0.717, 1.165) is 18.4 Å². The molecule has 26 heavy (non-hydrogen) atoms. The maximum Gasteiger partial charge on any atom is 0.157 e. The minimum atomic E-state index is -0.724. The third-order valence-corrected chi connectivity index (χ3v) is 4.56. The van der Waals surface area contributed by atoms with Crippen molar-refractivity contribution in [1.29, 1.82) is 5.26 Å². The summed E-state index contributed by atoms with van der Waals surface area (Å²) in [7, 11) is 0. The first-order valence-corrected chi connectivity index (χ1v) is 9.30. The molecule has 0 spiro atoms. The van der Waals surface area contributed by atoms with Crippen molar-refractivity contribution in [2.45, 2.75) is 64.6 Å². The van der Waals surface area contributed by atoms with Gasteiger partial charge in [-0.05, 0) is 65.3 Å². The lowest BCUT2D eigenvalue weighted by Gasteiger charge is -2.42. The van der Waals surface area contributed by atoms with Crippen LogP contribution < -0.4 is 10.1 Å². The molecule has 0 saturated heterocycles. The second-order valence-corrected chi connectivity index (χ2v) is 6.93. The van der Waals surface area contributed by atoms with Crippen molar-refractivity contribution in [2.24, 2.45) is 0 Å². The number of nitrogens with zero attached hydrogens (tertiary/aromatic N) is 1. The summed E-state index contributed by atoms with van der Waals surface area (Å²) in [6.45, 7) is 9.58. The molecule has 2 N–H and O–H groups in total. The minimum absolute atomic E-state index is 0.194. The SMILES string of the molecule is CCOC(CCCN[C@@H]1c2cc(C#N)ccc2OC(C)(C)[C@H]1O)OCC. The number of ether oxygens (including phenoxy) is 3. The molecule has 6 heteroatoms. The molecule has 0 aliphatic carbocycles. The molecule has 0 unspecified atom stereocenters. The van der Waals surface area contributed by atoms with Crippen molar-refractivity contribution in [2.75, 3.05) is 19.8 Å². The summed E-state index contributed by atoms with van der Waals surface area (Å²) in [6.07, 6.45) is 0.712. The molecule has 1 heterocycles. The molecular weight excluding hydrogens is 332 g/mol. The fourth-order valence-corrected chi connectivity index (χ4v) is 3.20. The van der Waals surface area contributed by atoms with Crippen LogP contribution in [-0.4, -0.2) is 42.9 Å². The van der Waals surface area contributed by atoms with E-state index < -0.39 is 11.7 Å². The molecule has 0 bridgehead atoms.